The number of hydrogen-bond acceptors (Lipinski definition) is 1. The fourth-order valence-electron chi connectivity index (χ4n) is 3.28. The highest BCUT2D eigenvalue weighted by Crippen LogP contribution is 2.40. The van der Waals surface area contributed by atoms with Crippen molar-refractivity contribution < 1.29 is 5.11 Å². The molecule has 94 valence electrons. The molecule has 17 heavy (non-hydrogen) atoms. The lowest BCUT2D eigenvalue weighted by molar-refractivity contribution is -0.00437. The zero-order valence-electron chi connectivity index (χ0n) is 11.1. The first-order chi connectivity index (χ1) is 8.15. The first-order valence-corrected chi connectivity index (χ1v) is 6.96. The second kappa shape index (κ2) is 5.22. The minimum Gasteiger partial charge on any atom is -0.385 e. The summed E-state index contributed by atoms with van der Waals surface area (Å²) in [6, 6.07) is 8.43. The highest BCUT2D eigenvalue weighted by Gasteiger charge is 2.34. The van der Waals surface area contributed by atoms with Crippen LogP contribution in [0.25, 0.3) is 0 Å². The Morgan fingerprint density at radius 3 is 2.88 bits per heavy atom. The van der Waals surface area contributed by atoms with E-state index in [1.165, 1.54) is 24.0 Å². The van der Waals surface area contributed by atoms with E-state index in [0.29, 0.717) is 5.92 Å². The van der Waals surface area contributed by atoms with E-state index in [9.17, 15) is 5.11 Å². The Morgan fingerprint density at radius 2 is 2.12 bits per heavy atom. The summed E-state index contributed by atoms with van der Waals surface area (Å²) >= 11 is 0. The predicted octanol–water partition coefficient (Wildman–Crippen LogP) is 4.04. The minimum absolute atomic E-state index is 0.566. The maximum absolute atomic E-state index is 10.9. The number of benzene rings is 1. The topological polar surface area (TPSA) is 20.2 Å². The standard InChI is InChI=1S/C16H24O/c1-3-7-13(2)12-16(17)11-6-9-14-8-4-5-10-15(14)16/h4-5,8,10,13,17H,3,6-7,9,11-12H2,1-2H3. The van der Waals surface area contributed by atoms with E-state index in [1.54, 1.807) is 0 Å². The zero-order chi connectivity index (χ0) is 12.3. The third kappa shape index (κ3) is 2.71. The molecule has 0 amide bonds. The van der Waals surface area contributed by atoms with Gasteiger partial charge in [0, 0.05) is 0 Å². The summed E-state index contributed by atoms with van der Waals surface area (Å²) in [4.78, 5) is 0. The molecule has 2 atom stereocenters. The molecule has 1 aromatic rings. The Hall–Kier alpha value is -0.820. The fraction of sp³-hybridized carbons (Fsp3) is 0.625. The van der Waals surface area contributed by atoms with Gasteiger partial charge in [-0.15, -0.1) is 0 Å². The predicted molar refractivity (Wildman–Crippen MR) is 72.0 cm³/mol. The number of hydrogen-bond donors (Lipinski definition) is 1. The summed E-state index contributed by atoms with van der Waals surface area (Å²) in [5, 5.41) is 10.9. The van der Waals surface area contributed by atoms with Crippen molar-refractivity contribution in [3.63, 3.8) is 0 Å². The van der Waals surface area contributed by atoms with Crippen LogP contribution in [0.3, 0.4) is 0 Å². The number of aryl methyl sites for hydroxylation is 1. The van der Waals surface area contributed by atoms with Crippen LogP contribution in [0.1, 0.15) is 57.1 Å². The Labute approximate surface area is 105 Å². The van der Waals surface area contributed by atoms with E-state index in [2.05, 4.69) is 38.1 Å². The Kier molecular flexibility index (Phi) is 3.88. The van der Waals surface area contributed by atoms with Gasteiger partial charge in [0.05, 0.1) is 5.60 Å². The number of fused-ring (bicyclic) bond motifs is 1. The summed E-state index contributed by atoms with van der Waals surface area (Å²) in [6.07, 6.45) is 6.51. The van der Waals surface area contributed by atoms with Gasteiger partial charge in [-0.2, -0.15) is 0 Å². The van der Waals surface area contributed by atoms with Crippen LogP contribution in [-0.2, 0) is 12.0 Å². The van der Waals surface area contributed by atoms with E-state index in [-0.39, 0.29) is 0 Å². The molecule has 0 saturated carbocycles. The zero-order valence-corrected chi connectivity index (χ0v) is 11.1. The molecule has 0 heterocycles. The quantitative estimate of drug-likeness (QED) is 0.830. The first-order valence-electron chi connectivity index (χ1n) is 6.96. The average Bonchev–Trinajstić information content (AvgIpc) is 2.29. The molecule has 2 unspecified atom stereocenters. The van der Waals surface area contributed by atoms with Crippen molar-refractivity contribution in [1.82, 2.24) is 0 Å². The Morgan fingerprint density at radius 1 is 1.35 bits per heavy atom. The summed E-state index contributed by atoms with van der Waals surface area (Å²) in [5.74, 6) is 0.608. The van der Waals surface area contributed by atoms with Gasteiger partial charge in [-0.05, 0) is 42.7 Å². The van der Waals surface area contributed by atoms with Gasteiger partial charge in [0.1, 0.15) is 0 Å². The monoisotopic (exact) mass is 232 g/mol. The molecule has 1 heteroatoms. The minimum atomic E-state index is -0.566. The molecule has 0 bridgehead atoms. The van der Waals surface area contributed by atoms with E-state index >= 15 is 0 Å². The van der Waals surface area contributed by atoms with Crippen LogP contribution in [0.2, 0.25) is 0 Å². The molecule has 1 nitrogen and oxygen atoms in total. The molecule has 0 aliphatic heterocycles. The summed E-state index contributed by atoms with van der Waals surface area (Å²) < 4.78 is 0. The molecule has 0 spiro atoms. The van der Waals surface area contributed by atoms with Crippen LogP contribution in [0.15, 0.2) is 24.3 Å². The van der Waals surface area contributed by atoms with Gasteiger partial charge in [-0.3, -0.25) is 0 Å². The van der Waals surface area contributed by atoms with Crippen molar-refractivity contribution >= 4 is 0 Å². The third-order valence-electron chi connectivity index (χ3n) is 4.02. The second-order valence-electron chi connectivity index (χ2n) is 5.64. The number of rotatable bonds is 4. The third-order valence-corrected chi connectivity index (χ3v) is 4.02. The fourth-order valence-corrected chi connectivity index (χ4v) is 3.28. The van der Waals surface area contributed by atoms with Gasteiger partial charge < -0.3 is 5.11 Å². The molecule has 1 aromatic carbocycles. The molecule has 0 fully saturated rings. The van der Waals surface area contributed by atoms with Gasteiger partial charge in [0.15, 0.2) is 0 Å². The summed E-state index contributed by atoms with van der Waals surface area (Å²) in [7, 11) is 0. The smallest absolute Gasteiger partial charge is 0.0901 e. The lowest BCUT2D eigenvalue weighted by Gasteiger charge is -2.36. The van der Waals surface area contributed by atoms with Crippen LogP contribution in [0.5, 0.6) is 0 Å². The Bertz CT molecular complexity index is 372. The van der Waals surface area contributed by atoms with E-state index in [0.717, 1.165) is 25.7 Å². The molecule has 0 saturated heterocycles. The van der Waals surface area contributed by atoms with E-state index in [4.69, 9.17) is 0 Å². The molecule has 2 rings (SSSR count). The van der Waals surface area contributed by atoms with Crippen molar-refractivity contribution in [3.05, 3.63) is 35.4 Å². The Balaban J connectivity index is 2.20. The highest BCUT2D eigenvalue weighted by atomic mass is 16.3. The van der Waals surface area contributed by atoms with Crippen LogP contribution in [-0.4, -0.2) is 5.11 Å². The SMILES string of the molecule is CCCC(C)CC1(O)CCCc2ccccc21. The normalized spacial score (nSPS) is 25.4. The van der Waals surface area contributed by atoms with Crippen molar-refractivity contribution in [3.8, 4) is 0 Å². The van der Waals surface area contributed by atoms with Gasteiger partial charge in [-0.1, -0.05) is 51.0 Å². The maximum Gasteiger partial charge on any atom is 0.0901 e. The van der Waals surface area contributed by atoms with Crippen molar-refractivity contribution in [2.45, 2.75) is 58.0 Å². The van der Waals surface area contributed by atoms with Crippen molar-refractivity contribution in [2.24, 2.45) is 5.92 Å². The van der Waals surface area contributed by atoms with Crippen molar-refractivity contribution in [2.75, 3.05) is 0 Å². The van der Waals surface area contributed by atoms with Gasteiger partial charge >= 0.3 is 0 Å². The molecular weight excluding hydrogens is 208 g/mol. The highest BCUT2D eigenvalue weighted by molar-refractivity contribution is 5.34. The molecule has 1 aliphatic rings. The molecule has 0 radical (unpaired) electrons. The molecule has 1 N–H and O–H groups in total. The molecule has 0 aromatic heterocycles. The van der Waals surface area contributed by atoms with Gasteiger partial charge in [-0.25, -0.2) is 0 Å². The largest absolute Gasteiger partial charge is 0.385 e. The average molecular weight is 232 g/mol. The molecule has 1 aliphatic carbocycles. The molecular formula is C16H24O. The van der Waals surface area contributed by atoms with E-state index in [1.807, 2.05) is 0 Å². The maximum atomic E-state index is 10.9. The summed E-state index contributed by atoms with van der Waals surface area (Å²) in [6.45, 7) is 4.48. The lowest BCUT2D eigenvalue weighted by atomic mass is 9.74. The van der Waals surface area contributed by atoms with Crippen molar-refractivity contribution in [1.29, 1.82) is 0 Å². The number of aliphatic hydroxyl groups is 1. The lowest BCUT2D eigenvalue weighted by Crippen LogP contribution is -2.32. The first kappa shape index (κ1) is 12.6. The van der Waals surface area contributed by atoms with Crippen LogP contribution in [0.4, 0.5) is 0 Å². The van der Waals surface area contributed by atoms with Crippen LogP contribution < -0.4 is 0 Å². The van der Waals surface area contributed by atoms with Crippen LogP contribution in [0, 0.1) is 5.92 Å². The van der Waals surface area contributed by atoms with Gasteiger partial charge in [0.2, 0.25) is 0 Å². The second-order valence-corrected chi connectivity index (χ2v) is 5.64. The summed E-state index contributed by atoms with van der Waals surface area (Å²) in [5.41, 5.74) is 1.97. The van der Waals surface area contributed by atoms with Gasteiger partial charge in [0.25, 0.3) is 0 Å². The van der Waals surface area contributed by atoms with Crippen LogP contribution >= 0.6 is 0 Å². The van der Waals surface area contributed by atoms with E-state index < -0.39 is 5.60 Å².